The molecule has 0 radical (unpaired) electrons. The first-order chi connectivity index (χ1) is 15.9. The molecule has 4 aromatic carbocycles. The molecule has 0 fully saturated rings. The Morgan fingerprint density at radius 3 is 1.69 bits per heavy atom. The van der Waals surface area contributed by atoms with Crippen LogP contribution in [0.1, 0.15) is 11.1 Å². The molecule has 0 bridgehead atoms. The number of aromatic nitrogens is 1. The van der Waals surface area contributed by atoms with Crippen LogP contribution in [0.4, 0.5) is 0 Å². The molecule has 0 saturated carbocycles. The van der Waals surface area contributed by atoms with E-state index in [0.717, 1.165) is 28.2 Å². The van der Waals surface area contributed by atoms with Gasteiger partial charge in [0, 0.05) is 16.3 Å². The van der Waals surface area contributed by atoms with Gasteiger partial charge >= 0.3 is 0 Å². The minimum atomic E-state index is 0.893. The normalized spacial score (nSPS) is 13.8. The van der Waals surface area contributed by atoms with E-state index in [2.05, 4.69) is 107 Å². The van der Waals surface area contributed by atoms with E-state index in [-0.39, 0.29) is 0 Å². The molecule has 0 unspecified atom stereocenters. The molecule has 0 spiro atoms. The van der Waals surface area contributed by atoms with E-state index < -0.39 is 0 Å². The second-order valence-corrected chi connectivity index (χ2v) is 7.84. The van der Waals surface area contributed by atoms with E-state index in [0.29, 0.717) is 0 Å². The molecule has 3 heteroatoms. The van der Waals surface area contributed by atoms with Crippen molar-refractivity contribution in [2.45, 2.75) is 0 Å². The smallest absolute Gasteiger partial charge is 0.0926 e. The minimum absolute atomic E-state index is 0.893. The number of para-hydroxylation sites is 2. The van der Waals surface area contributed by atoms with Crippen molar-refractivity contribution in [3.63, 3.8) is 0 Å². The van der Waals surface area contributed by atoms with Gasteiger partial charge in [-0.3, -0.25) is 5.43 Å². The maximum Gasteiger partial charge on any atom is 0.0926 e. The average molecular weight is 412 g/mol. The van der Waals surface area contributed by atoms with Crippen LogP contribution in [0.15, 0.2) is 126 Å². The van der Waals surface area contributed by atoms with Crippen LogP contribution in [0.3, 0.4) is 0 Å². The number of hydrogen-bond donors (Lipinski definition) is 1. The highest BCUT2D eigenvalue weighted by atomic mass is 15.3. The van der Waals surface area contributed by atoms with Crippen molar-refractivity contribution in [2.24, 2.45) is 5.10 Å². The van der Waals surface area contributed by atoms with Crippen molar-refractivity contribution in [1.82, 2.24) is 9.99 Å². The van der Waals surface area contributed by atoms with Gasteiger partial charge in [-0.1, -0.05) is 97.1 Å². The summed E-state index contributed by atoms with van der Waals surface area (Å²) < 4.78 is 2.33. The topological polar surface area (TPSA) is 29.3 Å². The Morgan fingerprint density at radius 1 is 0.531 bits per heavy atom. The Kier molecular flexibility index (Phi) is 4.43. The van der Waals surface area contributed by atoms with Crippen LogP contribution in [0.5, 0.6) is 0 Å². The summed E-state index contributed by atoms with van der Waals surface area (Å²) in [5.74, 6) is 0. The predicted molar refractivity (Wildman–Crippen MR) is 134 cm³/mol. The van der Waals surface area contributed by atoms with Crippen molar-refractivity contribution in [3.05, 3.63) is 132 Å². The number of fused-ring (bicyclic) bond motifs is 3. The van der Waals surface area contributed by atoms with Crippen molar-refractivity contribution >= 4 is 38.9 Å². The van der Waals surface area contributed by atoms with Gasteiger partial charge in [0.2, 0.25) is 0 Å². The molecule has 1 N–H and O–H groups in total. The van der Waals surface area contributed by atoms with Crippen molar-refractivity contribution < 1.29 is 0 Å². The van der Waals surface area contributed by atoms with Crippen molar-refractivity contribution in [3.8, 4) is 0 Å². The Balaban J connectivity index is 1.64. The van der Waals surface area contributed by atoms with E-state index in [1.807, 2.05) is 24.3 Å². The van der Waals surface area contributed by atoms with Crippen LogP contribution in [0.2, 0.25) is 0 Å². The van der Waals surface area contributed by atoms with Crippen LogP contribution in [-0.4, -0.2) is 10.3 Å². The highest BCUT2D eigenvalue weighted by Crippen LogP contribution is 2.33. The van der Waals surface area contributed by atoms with Gasteiger partial charge in [-0.15, -0.1) is 0 Å². The zero-order chi connectivity index (χ0) is 21.3. The molecule has 0 amide bonds. The number of hydrogen-bond acceptors (Lipinski definition) is 2. The monoisotopic (exact) mass is 411 g/mol. The summed E-state index contributed by atoms with van der Waals surface area (Å²) in [5, 5.41) is 7.27. The first-order valence-corrected chi connectivity index (χ1v) is 10.7. The van der Waals surface area contributed by atoms with Gasteiger partial charge in [0.1, 0.15) is 0 Å². The first kappa shape index (κ1) is 18.4. The van der Waals surface area contributed by atoms with Crippen LogP contribution in [0, 0.1) is 0 Å². The lowest BCUT2D eigenvalue weighted by Gasteiger charge is -2.11. The summed E-state index contributed by atoms with van der Waals surface area (Å²) in [6.07, 6.45) is 4.35. The van der Waals surface area contributed by atoms with Gasteiger partial charge in [-0.05, 0) is 29.8 Å². The van der Waals surface area contributed by atoms with Crippen LogP contribution < -0.4 is 5.43 Å². The molecule has 0 aliphatic carbocycles. The van der Waals surface area contributed by atoms with E-state index in [9.17, 15) is 0 Å². The minimum Gasteiger partial charge on any atom is -0.309 e. The van der Waals surface area contributed by atoms with Crippen LogP contribution in [-0.2, 0) is 0 Å². The number of nitrogens with one attached hydrogen (secondary N) is 1. The first-order valence-electron chi connectivity index (χ1n) is 10.7. The fourth-order valence-electron chi connectivity index (χ4n) is 4.37. The van der Waals surface area contributed by atoms with Gasteiger partial charge in [-0.2, -0.15) is 5.10 Å². The van der Waals surface area contributed by atoms with Crippen molar-refractivity contribution in [1.29, 1.82) is 0 Å². The fraction of sp³-hybridized carbons (Fsp3) is 0. The zero-order valence-corrected chi connectivity index (χ0v) is 17.4. The number of allylic oxidation sites excluding steroid dienone is 3. The van der Waals surface area contributed by atoms with Gasteiger partial charge in [0.05, 0.1) is 28.1 Å². The summed E-state index contributed by atoms with van der Waals surface area (Å²) in [6.45, 7) is 0. The summed E-state index contributed by atoms with van der Waals surface area (Å²) in [7, 11) is 0. The highest BCUT2D eigenvalue weighted by Gasteiger charge is 2.16. The molecule has 6 rings (SSSR count). The number of hydrazone groups is 1. The quantitative estimate of drug-likeness (QED) is 0.352. The lowest BCUT2D eigenvalue weighted by molar-refractivity contribution is 0.995. The summed E-state index contributed by atoms with van der Waals surface area (Å²) >= 11 is 0. The van der Waals surface area contributed by atoms with Gasteiger partial charge in [0.25, 0.3) is 0 Å². The molecule has 1 aromatic heterocycles. The number of nitrogens with zero attached hydrogens (tertiary/aromatic N) is 2. The molecular weight excluding hydrogens is 390 g/mol. The summed E-state index contributed by atoms with van der Waals surface area (Å²) in [4.78, 5) is 0. The molecule has 2 heterocycles. The Hall–Kier alpha value is -4.37. The fourth-order valence-corrected chi connectivity index (χ4v) is 4.37. The summed E-state index contributed by atoms with van der Waals surface area (Å²) in [5.41, 5.74) is 10.8. The van der Waals surface area contributed by atoms with Gasteiger partial charge in [-0.25, -0.2) is 0 Å². The molecule has 5 aromatic rings. The van der Waals surface area contributed by atoms with E-state index >= 15 is 0 Å². The molecule has 0 saturated heterocycles. The van der Waals surface area contributed by atoms with E-state index in [1.54, 1.807) is 0 Å². The largest absolute Gasteiger partial charge is 0.309 e. The molecule has 152 valence electrons. The molecule has 0 atom stereocenters. The SMILES string of the molecule is C1=C(c2ccccc2)NN=C(c2ccccc2)C=C1n1c2ccccc2c2ccccc21. The average Bonchev–Trinajstić information content (AvgIpc) is 3.04. The highest BCUT2D eigenvalue weighted by molar-refractivity contribution is 6.16. The lowest BCUT2D eigenvalue weighted by atomic mass is 10.1. The van der Waals surface area contributed by atoms with Gasteiger partial charge < -0.3 is 4.57 Å². The molecule has 1 aliphatic heterocycles. The van der Waals surface area contributed by atoms with E-state index in [1.165, 1.54) is 21.8 Å². The van der Waals surface area contributed by atoms with Crippen molar-refractivity contribution in [2.75, 3.05) is 0 Å². The second-order valence-electron chi connectivity index (χ2n) is 7.84. The van der Waals surface area contributed by atoms with Crippen LogP contribution >= 0.6 is 0 Å². The zero-order valence-electron chi connectivity index (χ0n) is 17.4. The standard InChI is InChI=1S/C29H21N3/c1-3-11-21(12-4-1)26-19-23(20-27(31-30-26)22-13-5-2-6-14-22)32-28-17-9-7-15-24(28)25-16-8-10-18-29(25)32/h1-20,30H. The second kappa shape index (κ2) is 7.71. The van der Waals surface area contributed by atoms with Crippen LogP contribution in [0.25, 0.3) is 33.2 Å². The Labute approximate surface area is 186 Å². The molecular formula is C29H21N3. The van der Waals surface area contributed by atoms with E-state index in [4.69, 9.17) is 5.10 Å². The molecule has 32 heavy (non-hydrogen) atoms. The maximum atomic E-state index is 4.78. The third kappa shape index (κ3) is 3.12. The Morgan fingerprint density at radius 2 is 1.06 bits per heavy atom. The predicted octanol–water partition coefficient (Wildman–Crippen LogP) is 6.68. The maximum absolute atomic E-state index is 4.78. The third-order valence-corrected chi connectivity index (χ3v) is 5.87. The Bertz CT molecular complexity index is 1470. The number of benzene rings is 4. The number of rotatable bonds is 3. The summed E-state index contributed by atoms with van der Waals surface area (Å²) in [6, 6.07) is 37.8. The van der Waals surface area contributed by atoms with Gasteiger partial charge in [0.15, 0.2) is 0 Å². The molecule has 3 nitrogen and oxygen atoms in total. The third-order valence-electron chi connectivity index (χ3n) is 5.87. The molecule has 1 aliphatic rings. The lowest BCUT2D eigenvalue weighted by Crippen LogP contribution is -2.07.